The number of fused-ring (bicyclic) bond motifs is 1. The number of rotatable bonds is 7. The van der Waals surface area contributed by atoms with E-state index in [9.17, 15) is 4.79 Å². The lowest BCUT2D eigenvalue weighted by Gasteiger charge is -2.20. The predicted octanol–water partition coefficient (Wildman–Crippen LogP) is 3.03. The molecule has 0 radical (unpaired) electrons. The van der Waals surface area contributed by atoms with Crippen LogP contribution in [0.15, 0.2) is 30.3 Å². The van der Waals surface area contributed by atoms with Crippen LogP contribution < -0.4 is 24.3 Å². The first-order valence-corrected chi connectivity index (χ1v) is 9.04. The number of carbonyl (C=O) groups excluding carboxylic acids is 1. The fraction of sp³-hybridized carbons (Fsp3) is 0.350. The van der Waals surface area contributed by atoms with Crippen LogP contribution in [-0.4, -0.2) is 39.9 Å². The van der Waals surface area contributed by atoms with Crippen LogP contribution in [0.2, 0.25) is 5.02 Å². The molecule has 1 heterocycles. The summed E-state index contributed by atoms with van der Waals surface area (Å²) in [5.74, 6) is 2.40. The monoisotopic (exact) mass is 391 g/mol. The van der Waals surface area contributed by atoms with Crippen LogP contribution >= 0.6 is 11.6 Å². The highest BCUT2D eigenvalue weighted by Gasteiger charge is 2.17. The molecule has 1 amide bonds. The molecular formula is C20H22ClNO5. The summed E-state index contributed by atoms with van der Waals surface area (Å²) in [5, 5.41) is 3.38. The maximum absolute atomic E-state index is 12.2. The number of nitrogens with one attached hydrogen (secondary N) is 1. The Hall–Kier alpha value is -2.60. The van der Waals surface area contributed by atoms with Crippen molar-refractivity contribution in [2.45, 2.75) is 12.8 Å². The van der Waals surface area contributed by atoms with Gasteiger partial charge in [0.05, 0.1) is 25.7 Å². The van der Waals surface area contributed by atoms with Crippen LogP contribution in [0, 0.1) is 0 Å². The van der Waals surface area contributed by atoms with Gasteiger partial charge < -0.3 is 24.3 Å². The third kappa shape index (κ3) is 4.77. The normalized spacial score (nSPS) is 12.4. The molecule has 0 saturated heterocycles. The molecule has 27 heavy (non-hydrogen) atoms. The van der Waals surface area contributed by atoms with Gasteiger partial charge in [-0.25, -0.2) is 0 Å². The molecule has 2 aromatic rings. The summed E-state index contributed by atoms with van der Waals surface area (Å²) in [6.45, 7) is 1.47. The molecule has 144 valence electrons. The molecule has 0 aromatic heterocycles. The van der Waals surface area contributed by atoms with Crippen LogP contribution in [0.5, 0.6) is 23.0 Å². The minimum absolute atomic E-state index is 0.0804. The Morgan fingerprint density at radius 3 is 2.63 bits per heavy atom. The van der Waals surface area contributed by atoms with E-state index in [4.69, 9.17) is 30.5 Å². The zero-order chi connectivity index (χ0) is 19.2. The average Bonchev–Trinajstić information content (AvgIpc) is 2.68. The second-order valence-electron chi connectivity index (χ2n) is 6.07. The zero-order valence-electron chi connectivity index (χ0n) is 15.3. The lowest BCUT2D eigenvalue weighted by molar-refractivity contribution is -0.120. The van der Waals surface area contributed by atoms with Crippen LogP contribution in [-0.2, 0) is 17.6 Å². The van der Waals surface area contributed by atoms with E-state index in [1.165, 1.54) is 0 Å². The first kappa shape index (κ1) is 19.2. The van der Waals surface area contributed by atoms with Crippen molar-refractivity contribution in [1.29, 1.82) is 0 Å². The Morgan fingerprint density at radius 1 is 1.07 bits per heavy atom. The highest BCUT2D eigenvalue weighted by Crippen LogP contribution is 2.38. The number of hydrogen-bond acceptors (Lipinski definition) is 5. The Bertz CT molecular complexity index is 824. The Kier molecular flexibility index (Phi) is 6.29. The molecule has 0 unspecified atom stereocenters. The highest BCUT2D eigenvalue weighted by atomic mass is 35.5. The predicted molar refractivity (Wildman–Crippen MR) is 102 cm³/mol. The van der Waals surface area contributed by atoms with Gasteiger partial charge in [-0.2, -0.15) is 0 Å². The summed E-state index contributed by atoms with van der Waals surface area (Å²) in [7, 11) is 3.20. The van der Waals surface area contributed by atoms with Crippen molar-refractivity contribution in [2.24, 2.45) is 0 Å². The van der Waals surface area contributed by atoms with E-state index in [2.05, 4.69) is 5.32 Å². The summed E-state index contributed by atoms with van der Waals surface area (Å²) in [6.07, 6.45) is 0.913. The number of methoxy groups -OCH3 is 2. The summed E-state index contributed by atoms with van der Waals surface area (Å²) < 4.78 is 21.5. The van der Waals surface area contributed by atoms with E-state index < -0.39 is 0 Å². The van der Waals surface area contributed by atoms with Gasteiger partial charge in [-0.15, -0.1) is 0 Å². The van der Waals surface area contributed by atoms with E-state index >= 15 is 0 Å². The molecule has 1 aliphatic rings. The molecule has 3 rings (SSSR count). The minimum Gasteiger partial charge on any atom is -0.493 e. The summed E-state index contributed by atoms with van der Waals surface area (Å²) in [6, 6.07) is 9.25. The van der Waals surface area contributed by atoms with Gasteiger partial charge in [0, 0.05) is 6.54 Å². The van der Waals surface area contributed by atoms with Crippen molar-refractivity contribution in [1.82, 2.24) is 5.32 Å². The van der Waals surface area contributed by atoms with E-state index in [1.807, 2.05) is 18.2 Å². The largest absolute Gasteiger partial charge is 0.493 e. The summed E-state index contributed by atoms with van der Waals surface area (Å²) in [5.41, 5.74) is 1.84. The Labute approximate surface area is 163 Å². The molecule has 0 aliphatic carbocycles. The van der Waals surface area contributed by atoms with Crippen molar-refractivity contribution >= 4 is 17.5 Å². The fourth-order valence-corrected chi connectivity index (χ4v) is 3.18. The molecule has 0 fully saturated rings. The number of carbonyl (C=O) groups is 1. The number of halogens is 1. The van der Waals surface area contributed by atoms with Gasteiger partial charge in [-0.05, 0) is 41.8 Å². The molecule has 7 heteroatoms. The van der Waals surface area contributed by atoms with Crippen molar-refractivity contribution < 1.29 is 23.7 Å². The third-order valence-corrected chi connectivity index (χ3v) is 4.49. The van der Waals surface area contributed by atoms with Crippen molar-refractivity contribution in [3.63, 3.8) is 0 Å². The quantitative estimate of drug-likeness (QED) is 0.785. The number of amides is 1. The molecule has 1 N–H and O–H groups in total. The average molecular weight is 392 g/mol. The number of benzene rings is 2. The molecule has 2 aromatic carbocycles. The van der Waals surface area contributed by atoms with Crippen molar-refractivity contribution in [3.8, 4) is 23.0 Å². The molecule has 0 bridgehead atoms. The fourth-order valence-electron chi connectivity index (χ4n) is 2.90. The summed E-state index contributed by atoms with van der Waals surface area (Å²) >= 11 is 6.21. The van der Waals surface area contributed by atoms with E-state index in [-0.39, 0.29) is 12.3 Å². The molecule has 1 aliphatic heterocycles. The highest BCUT2D eigenvalue weighted by molar-refractivity contribution is 6.32. The maximum atomic E-state index is 12.2. The van der Waals surface area contributed by atoms with Gasteiger partial charge in [0.25, 0.3) is 0 Å². The molecule has 6 nitrogen and oxygen atoms in total. The molecule has 0 spiro atoms. The first-order chi connectivity index (χ1) is 13.1. The number of hydrogen-bond donors (Lipinski definition) is 1. The lowest BCUT2D eigenvalue weighted by Crippen LogP contribution is -2.27. The second-order valence-corrected chi connectivity index (χ2v) is 6.48. The van der Waals surface area contributed by atoms with Crippen LogP contribution in [0.25, 0.3) is 0 Å². The Balaban J connectivity index is 1.54. The van der Waals surface area contributed by atoms with Gasteiger partial charge in [0.1, 0.15) is 13.2 Å². The van der Waals surface area contributed by atoms with Crippen LogP contribution in [0.4, 0.5) is 0 Å². The molecule has 0 atom stereocenters. The lowest BCUT2D eigenvalue weighted by atomic mass is 10.1. The number of ether oxygens (including phenoxy) is 4. The topological polar surface area (TPSA) is 66.0 Å². The molecular weight excluding hydrogens is 370 g/mol. The zero-order valence-corrected chi connectivity index (χ0v) is 16.1. The smallest absolute Gasteiger partial charge is 0.224 e. The standard InChI is InChI=1S/C20H22ClNO5/c1-24-16-4-3-13(10-17(16)25-2)5-6-22-19(23)12-14-9-15(21)20-18(11-14)26-7-8-27-20/h3-4,9-11H,5-8,12H2,1-2H3,(H,22,23). The van der Waals surface area contributed by atoms with Gasteiger partial charge in [0.15, 0.2) is 23.0 Å². The van der Waals surface area contributed by atoms with Gasteiger partial charge in [-0.3, -0.25) is 4.79 Å². The van der Waals surface area contributed by atoms with Gasteiger partial charge in [0.2, 0.25) is 5.91 Å². The van der Waals surface area contributed by atoms with Crippen molar-refractivity contribution in [2.75, 3.05) is 34.0 Å². The van der Waals surface area contributed by atoms with E-state index in [0.29, 0.717) is 54.2 Å². The third-order valence-electron chi connectivity index (χ3n) is 4.21. The van der Waals surface area contributed by atoms with E-state index in [0.717, 1.165) is 11.1 Å². The summed E-state index contributed by atoms with van der Waals surface area (Å²) in [4.78, 5) is 12.2. The van der Waals surface area contributed by atoms with Crippen molar-refractivity contribution in [3.05, 3.63) is 46.5 Å². The van der Waals surface area contributed by atoms with Gasteiger partial charge >= 0.3 is 0 Å². The van der Waals surface area contributed by atoms with Gasteiger partial charge in [-0.1, -0.05) is 17.7 Å². The second kappa shape index (κ2) is 8.86. The van der Waals surface area contributed by atoms with Crippen LogP contribution in [0.1, 0.15) is 11.1 Å². The SMILES string of the molecule is COc1ccc(CCNC(=O)Cc2cc(Cl)c3c(c2)OCCO3)cc1OC. The van der Waals surface area contributed by atoms with E-state index in [1.54, 1.807) is 26.4 Å². The molecule has 0 saturated carbocycles. The first-order valence-electron chi connectivity index (χ1n) is 8.66. The minimum atomic E-state index is -0.0804. The van der Waals surface area contributed by atoms with Crippen LogP contribution in [0.3, 0.4) is 0 Å². The Morgan fingerprint density at radius 2 is 1.85 bits per heavy atom. The maximum Gasteiger partial charge on any atom is 0.224 e.